The predicted molar refractivity (Wildman–Crippen MR) is 169 cm³/mol. The monoisotopic (exact) mass is 562 g/mol. The summed E-state index contributed by atoms with van der Waals surface area (Å²) < 4.78 is 12.1. The van der Waals surface area contributed by atoms with Crippen molar-refractivity contribution in [1.82, 2.24) is 0 Å². The van der Waals surface area contributed by atoms with Gasteiger partial charge in [-0.2, -0.15) is 0 Å². The molecule has 0 saturated heterocycles. The molecule has 1 N–H and O–H groups in total. The standard InChI is InChI=1S/C36H35ClN2O2/c1-4-40-34-20-25(19-32(37)36(34)41-22-26-17-23(2)16-24(3)18-26)21-38-28-14-12-27(13-15-28)35-31-10-7-9-29(31)30-8-5-6-11-33(30)39-35/h5-9,11-21,29,31,35,39H,4,10,22H2,1-3H3/t29-,31+,35-/m0/s1. The van der Waals surface area contributed by atoms with Crippen LogP contribution < -0.4 is 14.8 Å². The number of nitrogens with one attached hydrogen (secondary N) is 1. The van der Waals surface area contributed by atoms with Gasteiger partial charge in [0.15, 0.2) is 11.5 Å². The molecular formula is C36H35ClN2O2. The lowest BCUT2D eigenvalue weighted by Gasteiger charge is -2.37. The Morgan fingerprint density at radius 2 is 1.73 bits per heavy atom. The Labute approximate surface area is 247 Å². The fourth-order valence-electron chi connectivity index (χ4n) is 6.16. The van der Waals surface area contributed by atoms with E-state index in [1.807, 2.05) is 25.3 Å². The summed E-state index contributed by atoms with van der Waals surface area (Å²) in [6, 6.07) is 27.7. The molecule has 4 aromatic carbocycles. The molecule has 1 aliphatic carbocycles. The van der Waals surface area contributed by atoms with Crippen molar-refractivity contribution >= 4 is 29.2 Å². The van der Waals surface area contributed by atoms with Crippen LogP contribution in [-0.4, -0.2) is 12.8 Å². The molecule has 0 saturated carbocycles. The minimum absolute atomic E-state index is 0.270. The summed E-state index contributed by atoms with van der Waals surface area (Å²) in [4.78, 5) is 4.74. The van der Waals surface area contributed by atoms with Crippen LogP contribution in [0.5, 0.6) is 11.5 Å². The number of ether oxygens (including phenoxy) is 2. The van der Waals surface area contributed by atoms with E-state index >= 15 is 0 Å². The molecule has 6 rings (SSSR count). The number of halogens is 1. The number of rotatable bonds is 8. The van der Waals surface area contributed by atoms with Crippen molar-refractivity contribution in [3.63, 3.8) is 0 Å². The van der Waals surface area contributed by atoms with Crippen molar-refractivity contribution in [2.24, 2.45) is 10.9 Å². The van der Waals surface area contributed by atoms with Crippen LogP contribution in [0.15, 0.2) is 96.0 Å². The molecule has 208 valence electrons. The Morgan fingerprint density at radius 1 is 0.951 bits per heavy atom. The summed E-state index contributed by atoms with van der Waals surface area (Å²) in [5.74, 6) is 2.15. The molecule has 5 heteroatoms. The summed E-state index contributed by atoms with van der Waals surface area (Å²) >= 11 is 6.69. The van der Waals surface area contributed by atoms with Crippen molar-refractivity contribution in [3.05, 3.63) is 129 Å². The lowest BCUT2D eigenvalue weighted by molar-refractivity contribution is 0.269. The van der Waals surface area contributed by atoms with Crippen LogP contribution in [0, 0.1) is 19.8 Å². The maximum Gasteiger partial charge on any atom is 0.180 e. The SMILES string of the molecule is CCOc1cc(C=Nc2ccc([C@@H]3Nc4ccccc4[C@@H]4C=CC[C@H]43)cc2)cc(Cl)c1OCc1cc(C)cc(C)c1. The molecule has 0 radical (unpaired) electrons. The zero-order valence-electron chi connectivity index (χ0n) is 23.7. The second-order valence-corrected chi connectivity index (χ2v) is 11.4. The van der Waals surface area contributed by atoms with Gasteiger partial charge in [-0.25, -0.2) is 0 Å². The van der Waals surface area contributed by atoms with E-state index < -0.39 is 0 Å². The molecule has 0 fully saturated rings. The van der Waals surface area contributed by atoms with E-state index in [1.165, 1.54) is 27.9 Å². The number of aliphatic imine (C=N–C) groups is 1. The minimum atomic E-state index is 0.270. The molecule has 0 aromatic heterocycles. The summed E-state index contributed by atoms with van der Waals surface area (Å²) in [5.41, 5.74) is 9.17. The van der Waals surface area contributed by atoms with Gasteiger partial charge in [-0.3, -0.25) is 4.99 Å². The number of para-hydroxylation sites is 1. The number of aryl methyl sites for hydroxylation is 2. The van der Waals surface area contributed by atoms with Crippen molar-refractivity contribution in [2.45, 2.75) is 45.8 Å². The number of benzene rings is 4. The van der Waals surface area contributed by atoms with Crippen LogP contribution in [0.3, 0.4) is 0 Å². The molecule has 2 aliphatic rings. The van der Waals surface area contributed by atoms with E-state index in [9.17, 15) is 0 Å². The predicted octanol–water partition coefficient (Wildman–Crippen LogP) is 9.51. The fourth-order valence-corrected chi connectivity index (χ4v) is 6.44. The van der Waals surface area contributed by atoms with Gasteiger partial charge in [0, 0.05) is 17.8 Å². The van der Waals surface area contributed by atoms with Gasteiger partial charge in [0.25, 0.3) is 0 Å². The Morgan fingerprint density at radius 3 is 2.51 bits per heavy atom. The number of fused-ring (bicyclic) bond motifs is 3. The first-order valence-electron chi connectivity index (χ1n) is 14.3. The molecule has 0 spiro atoms. The van der Waals surface area contributed by atoms with E-state index in [0.29, 0.717) is 41.6 Å². The Hall–Kier alpha value is -4.02. The van der Waals surface area contributed by atoms with Crippen LogP contribution in [0.1, 0.15) is 58.7 Å². The first kappa shape index (κ1) is 27.2. The van der Waals surface area contributed by atoms with E-state index in [0.717, 1.165) is 23.2 Å². The van der Waals surface area contributed by atoms with Crippen molar-refractivity contribution in [3.8, 4) is 11.5 Å². The quantitative estimate of drug-likeness (QED) is 0.172. The van der Waals surface area contributed by atoms with E-state index in [2.05, 4.69) is 98.0 Å². The summed E-state index contributed by atoms with van der Waals surface area (Å²) in [6.07, 6.45) is 7.61. The largest absolute Gasteiger partial charge is 0.490 e. The van der Waals surface area contributed by atoms with Crippen molar-refractivity contribution < 1.29 is 9.47 Å². The van der Waals surface area contributed by atoms with E-state index in [1.54, 1.807) is 0 Å². The molecule has 1 heterocycles. The number of allylic oxidation sites excluding steroid dienone is 2. The van der Waals surface area contributed by atoms with Gasteiger partial charge in [0.1, 0.15) is 6.61 Å². The highest BCUT2D eigenvalue weighted by Crippen LogP contribution is 2.49. The van der Waals surface area contributed by atoms with E-state index in [4.69, 9.17) is 26.1 Å². The highest BCUT2D eigenvalue weighted by atomic mass is 35.5. The average Bonchev–Trinajstić information content (AvgIpc) is 3.46. The van der Waals surface area contributed by atoms with Gasteiger partial charge in [0.2, 0.25) is 0 Å². The first-order valence-corrected chi connectivity index (χ1v) is 14.7. The fraction of sp³-hybridized carbons (Fsp3) is 0.250. The molecule has 4 aromatic rings. The summed E-state index contributed by atoms with van der Waals surface area (Å²) in [7, 11) is 0. The summed E-state index contributed by atoms with van der Waals surface area (Å²) in [6.45, 7) is 7.06. The third-order valence-corrected chi connectivity index (χ3v) is 8.16. The Bertz CT molecular complexity index is 1590. The third-order valence-electron chi connectivity index (χ3n) is 7.88. The average molecular weight is 563 g/mol. The molecule has 0 bridgehead atoms. The second kappa shape index (κ2) is 11.8. The van der Waals surface area contributed by atoms with Crippen LogP contribution in [0.2, 0.25) is 5.02 Å². The van der Waals surface area contributed by atoms with Crippen LogP contribution in [-0.2, 0) is 6.61 Å². The number of hydrogen-bond donors (Lipinski definition) is 1. The molecular weight excluding hydrogens is 528 g/mol. The molecule has 0 unspecified atom stereocenters. The molecule has 0 amide bonds. The van der Waals surface area contributed by atoms with Gasteiger partial charge < -0.3 is 14.8 Å². The zero-order chi connectivity index (χ0) is 28.3. The maximum atomic E-state index is 6.69. The third kappa shape index (κ3) is 5.89. The van der Waals surface area contributed by atoms with Crippen LogP contribution >= 0.6 is 11.6 Å². The minimum Gasteiger partial charge on any atom is -0.490 e. The molecule has 3 atom stereocenters. The lowest BCUT2D eigenvalue weighted by Crippen LogP contribution is -2.28. The van der Waals surface area contributed by atoms with Gasteiger partial charge >= 0.3 is 0 Å². The van der Waals surface area contributed by atoms with Crippen LogP contribution in [0.25, 0.3) is 0 Å². The maximum absolute atomic E-state index is 6.69. The summed E-state index contributed by atoms with van der Waals surface area (Å²) in [5, 5.41) is 4.30. The van der Waals surface area contributed by atoms with E-state index in [-0.39, 0.29) is 6.04 Å². The smallest absolute Gasteiger partial charge is 0.180 e. The first-order chi connectivity index (χ1) is 20.0. The Kier molecular flexibility index (Phi) is 7.84. The van der Waals surface area contributed by atoms with Crippen LogP contribution in [0.4, 0.5) is 11.4 Å². The number of hydrogen-bond acceptors (Lipinski definition) is 4. The highest BCUT2D eigenvalue weighted by molar-refractivity contribution is 6.32. The van der Waals surface area contributed by atoms with Gasteiger partial charge in [-0.1, -0.05) is 83.4 Å². The topological polar surface area (TPSA) is 42.8 Å². The number of anilines is 1. The molecule has 1 aliphatic heterocycles. The van der Waals surface area contributed by atoms with Crippen molar-refractivity contribution in [2.75, 3.05) is 11.9 Å². The van der Waals surface area contributed by atoms with Gasteiger partial charge in [-0.15, -0.1) is 0 Å². The van der Waals surface area contributed by atoms with Gasteiger partial charge in [0.05, 0.1) is 23.4 Å². The normalized spacial score (nSPS) is 19.1. The van der Waals surface area contributed by atoms with Crippen molar-refractivity contribution in [1.29, 1.82) is 0 Å². The Balaban J connectivity index is 1.18. The second-order valence-electron chi connectivity index (χ2n) is 11.0. The lowest BCUT2D eigenvalue weighted by atomic mass is 9.77. The molecule has 4 nitrogen and oxygen atoms in total. The molecule has 41 heavy (non-hydrogen) atoms. The number of nitrogens with zero attached hydrogens (tertiary/aromatic N) is 1. The van der Waals surface area contributed by atoms with Gasteiger partial charge in [-0.05, 0) is 85.7 Å². The highest BCUT2D eigenvalue weighted by Gasteiger charge is 2.37. The zero-order valence-corrected chi connectivity index (χ0v) is 24.5.